The summed E-state index contributed by atoms with van der Waals surface area (Å²) in [6.07, 6.45) is 1.53. The van der Waals surface area contributed by atoms with Crippen LogP contribution in [0.2, 0.25) is 15.1 Å². The quantitative estimate of drug-likeness (QED) is 0.359. The van der Waals surface area contributed by atoms with Crippen molar-refractivity contribution < 1.29 is 0 Å². The second-order valence-corrected chi connectivity index (χ2v) is 8.33. The number of thiophene rings is 1. The topological polar surface area (TPSA) is 37.8 Å². The fourth-order valence-electron chi connectivity index (χ4n) is 2.87. The van der Waals surface area contributed by atoms with Crippen LogP contribution in [-0.2, 0) is 0 Å². The molecule has 4 rings (SSSR count). The predicted octanol–water partition coefficient (Wildman–Crippen LogP) is 7.68. The standard InChI is InChI=1S/C20H14Cl3N3S/c1-10-3-4-12(5-11(10)2)14-8-27-20-17(14)19(24-9-25-20)26-18-15(22)6-13(21)7-16(18)23/h3-9H,1-2H3,(H,24,25,26). The number of hydrogen-bond acceptors (Lipinski definition) is 4. The third-order valence-electron chi connectivity index (χ3n) is 4.44. The van der Waals surface area contributed by atoms with Crippen molar-refractivity contribution in [3.8, 4) is 11.1 Å². The zero-order valence-corrected chi connectivity index (χ0v) is 17.6. The van der Waals surface area contributed by atoms with Gasteiger partial charge in [0.25, 0.3) is 0 Å². The van der Waals surface area contributed by atoms with Crippen LogP contribution in [0.5, 0.6) is 0 Å². The van der Waals surface area contributed by atoms with Gasteiger partial charge in [0.1, 0.15) is 17.0 Å². The Bertz CT molecular complexity index is 1150. The Kier molecular flexibility index (Phi) is 4.99. The Morgan fingerprint density at radius 3 is 2.37 bits per heavy atom. The van der Waals surface area contributed by atoms with Crippen molar-refractivity contribution in [2.45, 2.75) is 13.8 Å². The minimum atomic E-state index is 0.433. The first-order valence-electron chi connectivity index (χ1n) is 8.15. The molecule has 4 aromatic rings. The van der Waals surface area contributed by atoms with E-state index in [1.165, 1.54) is 17.5 Å². The van der Waals surface area contributed by atoms with Crippen LogP contribution in [0.4, 0.5) is 11.5 Å². The highest BCUT2D eigenvalue weighted by Crippen LogP contribution is 2.41. The number of fused-ring (bicyclic) bond motifs is 1. The average molecular weight is 435 g/mol. The lowest BCUT2D eigenvalue weighted by atomic mass is 10.0. The molecule has 136 valence electrons. The maximum Gasteiger partial charge on any atom is 0.143 e. The molecular weight excluding hydrogens is 421 g/mol. The Morgan fingerprint density at radius 2 is 1.67 bits per heavy atom. The minimum absolute atomic E-state index is 0.433. The van der Waals surface area contributed by atoms with Gasteiger partial charge in [0.15, 0.2) is 0 Å². The minimum Gasteiger partial charge on any atom is -0.337 e. The predicted molar refractivity (Wildman–Crippen MR) is 117 cm³/mol. The van der Waals surface area contributed by atoms with Gasteiger partial charge < -0.3 is 5.32 Å². The average Bonchev–Trinajstić information content (AvgIpc) is 3.05. The van der Waals surface area contributed by atoms with Crippen molar-refractivity contribution in [1.82, 2.24) is 9.97 Å². The van der Waals surface area contributed by atoms with Crippen LogP contribution >= 0.6 is 46.1 Å². The van der Waals surface area contributed by atoms with E-state index in [-0.39, 0.29) is 0 Å². The number of nitrogens with zero attached hydrogens (tertiary/aromatic N) is 2. The van der Waals surface area contributed by atoms with Crippen LogP contribution in [0.25, 0.3) is 21.3 Å². The van der Waals surface area contributed by atoms with Crippen LogP contribution in [-0.4, -0.2) is 9.97 Å². The second kappa shape index (κ2) is 7.28. The number of benzene rings is 2. The molecule has 0 saturated heterocycles. The molecule has 1 N–H and O–H groups in total. The first-order valence-corrected chi connectivity index (χ1v) is 10.2. The van der Waals surface area contributed by atoms with E-state index in [1.807, 2.05) is 0 Å². The summed E-state index contributed by atoms with van der Waals surface area (Å²) < 4.78 is 0. The van der Waals surface area contributed by atoms with E-state index in [0.29, 0.717) is 26.6 Å². The molecule has 0 aliphatic heterocycles. The molecule has 2 heterocycles. The fourth-order valence-corrected chi connectivity index (χ4v) is 4.70. The zero-order chi connectivity index (χ0) is 19.1. The second-order valence-electron chi connectivity index (χ2n) is 6.22. The summed E-state index contributed by atoms with van der Waals surface area (Å²) in [5.74, 6) is 0.653. The molecule has 0 aliphatic rings. The van der Waals surface area contributed by atoms with E-state index in [0.717, 1.165) is 21.3 Å². The van der Waals surface area contributed by atoms with E-state index < -0.39 is 0 Å². The van der Waals surface area contributed by atoms with Gasteiger partial charge in [0, 0.05) is 16.0 Å². The summed E-state index contributed by atoms with van der Waals surface area (Å²) in [5.41, 5.74) is 5.26. The lowest BCUT2D eigenvalue weighted by Crippen LogP contribution is -1.97. The van der Waals surface area contributed by atoms with E-state index in [9.17, 15) is 0 Å². The first kappa shape index (κ1) is 18.5. The van der Waals surface area contributed by atoms with Crippen molar-refractivity contribution >= 4 is 67.9 Å². The normalized spacial score (nSPS) is 11.1. The lowest BCUT2D eigenvalue weighted by Gasteiger charge is -2.12. The van der Waals surface area contributed by atoms with Gasteiger partial charge in [-0.3, -0.25) is 0 Å². The highest BCUT2D eigenvalue weighted by Gasteiger charge is 2.16. The van der Waals surface area contributed by atoms with Gasteiger partial charge >= 0.3 is 0 Å². The molecule has 0 bridgehead atoms. The number of aromatic nitrogens is 2. The largest absolute Gasteiger partial charge is 0.337 e. The summed E-state index contributed by atoms with van der Waals surface area (Å²) in [7, 11) is 0. The van der Waals surface area contributed by atoms with Crippen LogP contribution in [0.3, 0.4) is 0 Å². The molecule has 0 fully saturated rings. The molecule has 0 amide bonds. The van der Waals surface area contributed by atoms with Gasteiger partial charge in [-0.25, -0.2) is 9.97 Å². The van der Waals surface area contributed by atoms with Crippen LogP contribution < -0.4 is 5.32 Å². The van der Waals surface area contributed by atoms with Gasteiger partial charge in [-0.1, -0.05) is 53.0 Å². The third-order valence-corrected chi connectivity index (χ3v) is 6.14. The Hall–Kier alpha value is -1.85. The summed E-state index contributed by atoms with van der Waals surface area (Å²) in [4.78, 5) is 9.74. The maximum atomic E-state index is 6.33. The molecule has 0 atom stereocenters. The van der Waals surface area contributed by atoms with Gasteiger partial charge in [0.05, 0.1) is 21.1 Å². The molecule has 3 nitrogen and oxygen atoms in total. The number of aryl methyl sites for hydroxylation is 2. The lowest BCUT2D eigenvalue weighted by molar-refractivity contribution is 1.23. The molecule has 0 aliphatic carbocycles. The molecular formula is C20H14Cl3N3S. The monoisotopic (exact) mass is 433 g/mol. The first-order chi connectivity index (χ1) is 12.9. The Morgan fingerprint density at radius 1 is 0.926 bits per heavy atom. The number of anilines is 2. The molecule has 7 heteroatoms. The molecule has 0 saturated carbocycles. The molecule has 2 aromatic heterocycles. The zero-order valence-electron chi connectivity index (χ0n) is 14.5. The summed E-state index contributed by atoms with van der Waals surface area (Å²) in [6.45, 7) is 4.21. The highest BCUT2D eigenvalue weighted by atomic mass is 35.5. The van der Waals surface area contributed by atoms with E-state index >= 15 is 0 Å². The fraction of sp³-hybridized carbons (Fsp3) is 0.100. The molecule has 27 heavy (non-hydrogen) atoms. The van der Waals surface area contributed by atoms with Crippen LogP contribution in [0.1, 0.15) is 11.1 Å². The Balaban J connectivity index is 1.87. The number of hydrogen-bond donors (Lipinski definition) is 1. The molecule has 0 radical (unpaired) electrons. The summed E-state index contributed by atoms with van der Waals surface area (Å²) in [6, 6.07) is 9.71. The SMILES string of the molecule is Cc1ccc(-c2csc3ncnc(Nc4c(Cl)cc(Cl)cc4Cl)c23)cc1C. The van der Waals surface area contributed by atoms with Crippen molar-refractivity contribution in [2.24, 2.45) is 0 Å². The van der Waals surface area contributed by atoms with Crippen LogP contribution in [0.15, 0.2) is 42.0 Å². The van der Waals surface area contributed by atoms with Gasteiger partial charge in [-0.05, 0) is 42.7 Å². The number of nitrogens with one attached hydrogen (secondary N) is 1. The summed E-state index contributed by atoms with van der Waals surface area (Å²) >= 11 is 20.3. The van der Waals surface area contributed by atoms with Crippen molar-refractivity contribution in [3.63, 3.8) is 0 Å². The van der Waals surface area contributed by atoms with Gasteiger partial charge in [-0.2, -0.15) is 0 Å². The van der Waals surface area contributed by atoms with Gasteiger partial charge in [-0.15, -0.1) is 11.3 Å². The smallest absolute Gasteiger partial charge is 0.143 e. The van der Waals surface area contributed by atoms with Gasteiger partial charge in [0.2, 0.25) is 0 Å². The van der Waals surface area contributed by atoms with E-state index in [1.54, 1.807) is 23.5 Å². The number of halogens is 3. The molecule has 0 spiro atoms. The van der Waals surface area contributed by atoms with E-state index in [4.69, 9.17) is 34.8 Å². The van der Waals surface area contributed by atoms with Crippen molar-refractivity contribution in [1.29, 1.82) is 0 Å². The number of rotatable bonds is 3. The maximum absolute atomic E-state index is 6.33. The van der Waals surface area contributed by atoms with Crippen molar-refractivity contribution in [3.05, 3.63) is 68.2 Å². The van der Waals surface area contributed by atoms with E-state index in [2.05, 4.69) is 52.7 Å². The molecule has 2 aromatic carbocycles. The van der Waals surface area contributed by atoms with Crippen molar-refractivity contribution in [2.75, 3.05) is 5.32 Å². The third kappa shape index (κ3) is 3.50. The summed E-state index contributed by atoms with van der Waals surface area (Å²) in [5, 5.41) is 7.65. The molecule has 0 unspecified atom stereocenters. The Labute approximate surface area is 175 Å². The van der Waals surface area contributed by atoms with Crippen LogP contribution in [0, 0.1) is 13.8 Å². The highest BCUT2D eigenvalue weighted by molar-refractivity contribution is 7.17.